The Labute approximate surface area is 126 Å². The lowest BCUT2D eigenvalue weighted by molar-refractivity contribution is 0.126. The largest absolute Gasteiger partial charge is 0.471 e. The lowest BCUT2D eigenvalue weighted by Gasteiger charge is -2.30. The van der Waals surface area contributed by atoms with E-state index in [1.165, 1.54) is 11.1 Å². The number of aromatic nitrogens is 1. The smallest absolute Gasteiger partial charge is 0.221 e. The van der Waals surface area contributed by atoms with E-state index in [2.05, 4.69) is 39.5 Å². The molecule has 1 N–H and O–H groups in total. The predicted molar refractivity (Wildman–Crippen MR) is 87.2 cm³/mol. The van der Waals surface area contributed by atoms with Crippen molar-refractivity contribution in [3.8, 4) is 5.88 Å². The van der Waals surface area contributed by atoms with Crippen LogP contribution in [0, 0.1) is 0 Å². The molecule has 0 radical (unpaired) electrons. The molecular weight excluding hydrogens is 262 g/mol. The normalized spacial score (nSPS) is 16.2. The van der Waals surface area contributed by atoms with Crippen LogP contribution < -0.4 is 15.0 Å². The number of fused-ring (bicyclic) bond motifs is 1. The van der Waals surface area contributed by atoms with E-state index in [0.29, 0.717) is 0 Å². The lowest BCUT2D eigenvalue weighted by atomic mass is 10.1. The van der Waals surface area contributed by atoms with Gasteiger partial charge in [-0.3, -0.25) is 0 Å². The first-order valence-electron chi connectivity index (χ1n) is 7.57. The van der Waals surface area contributed by atoms with Crippen LogP contribution in [0.2, 0.25) is 0 Å². The van der Waals surface area contributed by atoms with E-state index in [4.69, 9.17) is 4.74 Å². The van der Waals surface area contributed by atoms with Crippen LogP contribution in [0.15, 0.2) is 30.5 Å². The molecule has 2 aromatic rings. The van der Waals surface area contributed by atoms with E-state index in [-0.39, 0.29) is 5.60 Å². The van der Waals surface area contributed by atoms with Crippen LogP contribution in [-0.2, 0) is 0 Å². The molecule has 1 aromatic heterocycles. The Bertz CT molecular complexity index is 627. The van der Waals surface area contributed by atoms with Gasteiger partial charge in [0, 0.05) is 48.8 Å². The van der Waals surface area contributed by atoms with Crippen LogP contribution in [0.5, 0.6) is 5.88 Å². The van der Waals surface area contributed by atoms with E-state index in [0.717, 1.165) is 37.4 Å². The zero-order valence-electron chi connectivity index (χ0n) is 13.0. The summed E-state index contributed by atoms with van der Waals surface area (Å²) in [5, 5.41) is 5.70. The molecule has 1 aliphatic rings. The highest BCUT2D eigenvalue weighted by Crippen LogP contribution is 2.32. The number of ether oxygens (including phenoxy) is 1. The van der Waals surface area contributed by atoms with Gasteiger partial charge in [0.1, 0.15) is 5.60 Å². The number of benzene rings is 1. The molecule has 0 amide bonds. The van der Waals surface area contributed by atoms with Crippen molar-refractivity contribution >= 4 is 16.5 Å². The van der Waals surface area contributed by atoms with Gasteiger partial charge in [0.25, 0.3) is 0 Å². The average molecular weight is 285 g/mol. The molecule has 1 aliphatic heterocycles. The van der Waals surface area contributed by atoms with Gasteiger partial charge < -0.3 is 15.0 Å². The summed E-state index contributed by atoms with van der Waals surface area (Å²) in [6.07, 6.45) is 1.84. The first-order valence-corrected chi connectivity index (χ1v) is 7.57. The van der Waals surface area contributed by atoms with Gasteiger partial charge in [-0.25, -0.2) is 4.98 Å². The summed E-state index contributed by atoms with van der Waals surface area (Å²) < 4.78 is 6.02. The van der Waals surface area contributed by atoms with E-state index in [1.54, 1.807) is 0 Å². The third-order valence-electron chi connectivity index (χ3n) is 3.61. The molecule has 1 fully saturated rings. The fraction of sp³-hybridized carbons (Fsp3) is 0.471. The quantitative estimate of drug-likeness (QED) is 0.920. The minimum absolute atomic E-state index is 0.244. The monoisotopic (exact) mass is 285 g/mol. The molecule has 3 rings (SSSR count). The second-order valence-electron chi connectivity index (χ2n) is 6.44. The maximum absolute atomic E-state index is 6.02. The van der Waals surface area contributed by atoms with Crippen LogP contribution >= 0.6 is 0 Å². The third-order valence-corrected chi connectivity index (χ3v) is 3.61. The summed E-state index contributed by atoms with van der Waals surface area (Å²) in [5.74, 6) is 0.719. The number of nitrogens with zero attached hydrogens (tertiary/aromatic N) is 2. The summed E-state index contributed by atoms with van der Waals surface area (Å²) in [6, 6.07) is 8.46. The molecule has 1 saturated heterocycles. The molecule has 0 bridgehead atoms. The maximum Gasteiger partial charge on any atom is 0.221 e. The van der Waals surface area contributed by atoms with Gasteiger partial charge >= 0.3 is 0 Å². The van der Waals surface area contributed by atoms with Gasteiger partial charge in [-0.2, -0.15) is 0 Å². The molecule has 2 heterocycles. The molecule has 4 nitrogen and oxygen atoms in total. The van der Waals surface area contributed by atoms with Crippen LogP contribution in [0.3, 0.4) is 0 Å². The minimum Gasteiger partial charge on any atom is -0.471 e. The summed E-state index contributed by atoms with van der Waals surface area (Å²) in [5.41, 5.74) is 1.03. The van der Waals surface area contributed by atoms with Crippen molar-refractivity contribution in [2.45, 2.75) is 26.4 Å². The highest BCUT2D eigenvalue weighted by molar-refractivity contribution is 5.97. The van der Waals surface area contributed by atoms with Crippen molar-refractivity contribution in [2.75, 3.05) is 31.1 Å². The molecule has 0 unspecified atom stereocenters. The lowest BCUT2D eigenvalue weighted by Crippen LogP contribution is -2.43. The van der Waals surface area contributed by atoms with E-state index in [9.17, 15) is 0 Å². The van der Waals surface area contributed by atoms with Gasteiger partial charge in [0.05, 0.1) is 0 Å². The Morgan fingerprint density at radius 3 is 2.57 bits per heavy atom. The number of hydrogen-bond acceptors (Lipinski definition) is 4. The molecule has 21 heavy (non-hydrogen) atoms. The predicted octanol–water partition coefficient (Wildman–Crippen LogP) is 2.82. The Kier molecular flexibility index (Phi) is 3.72. The molecule has 0 spiro atoms. The first-order chi connectivity index (χ1) is 10.0. The Balaban J connectivity index is 2.05. The zero-order valence-corrected chi connectivity index (χ0v) is 13.0. The molecule has 0 aliphatic carbocycles. The van der Waals surface area contributed by atoms with Gasteiger partial charge in [0.2, 0.25) is 5.88 Å². The highest BCUT2D eigenvalue weighted by Gasteiger charge is 2.18. The molecule has 0 atom stereocenters. The van der Waals surface area contributed by atoms with E-state index in [1.807, 2.05) is 27.0 Å². The number of pyridine rings is 1. The van der Waals surface area contributed by atoms with Crippen molar-refractivity contribution in [3.63, 3.8) is 0 Å². The zero-order chi connectivity index (χ0) is 14.9. The fourth-order valence-corrected chi connectivity index (χ4v) is 2.72. The first kappa shape index (κ1) is 14.1. The SMILES string of the molecule is CC(C)(C)Oc1nccc2c(N3CCNCC3)cccc12. The number of rotatable bonds is 2. The molecule has 1 aromatic carbocycles. The number of piperazine rings is 1. The Morgan fingerprint density at radius 2 is 1.86 bits per heavy atom. The van der Waals surface area contributed by atoms with E-state index < -0.39 is 0 Å². The third kappa shape index (κ3) is 3.10. The van der Waals surface area contributed by atoms with Crippen molar-refractivity contribution in [1.82, 2.24) is 10.3 Å². The summed E-state index contributed by atoms with van der Waals surface area (Å²) in [7, 11) is 0. The topological polar surface area (TPSA) is 37.4 Å². The summed E-state index contributed by atoms with van der Waals surface area (Å²) >= 11 is 0. The van der Waals surface area contributed by atoms with Gasteiger partial charge in [0.15, 0.2) is 0 Å². The van der Waals surface area contributed by atoms with Gasteiger partial charge in [-0.15, -0.1) is 0 Å². The van der Waals surface area contributed by atoms with Crippen LogP contribution in [0.25, 0.3) is 10.8 Å². The number of anilines is 1. The second-order valence-corrected chi connectivity index (χ2v) is 6.44. The van der Waals surface area contributed by atoms with Crippen LogP contribution in [-0.4, -0.2) is 36.8 Å². The molecular formula is C17H23N3O. The standard InChI is InChI=1S/C17H23N3O/c1-17(2,3)21-16-14-5-4-6-15(13(14)7-8-19-16)20-11-9-18-10-12-20/h4-8,18H,9-12H2,1-3H3. The average Bonchev–Trinajstić information content (AvgIpc) is 2.46. The molecule has 112 valence electrons. The van der Waals surface area contributed by atoms with Crippen molar-refractivity contribution in [2.24, 2.45) is 0 Å². The molecule has 0 saturated carbocycles. The summed E-state index contributed by atoms with van der Waals surface area (Å²) in [6.45, 7) is 10.3. The fourth-order valence-electron chi connectivity index (χ4n) is 2.72. The minimum atomic E-state index is -0.244. The van der Waals surface area contributed by atoms with Gasteiger partial charge in [-0.05, 0) is 39.0 Å². The van der Waals surface area contributed by atoms with Crippen molar-refractivity contribution in [3.05, 3.63) is 30.5 Å². The Hall–Kier alpha value is -1.81. The second kappa shape index (κ2) is 5.53. The summed E-state index contributed by atoms with van der Waals surface area (Å²) in [4.78, 5) is 6.86. The van der Waals surface area contributed by atoms with Crippen LogP contribution in [0.4, 0.5) is 5.69 Å². The van der Waals surface area contributed by atoms with E-state index >= 15 is 0 Å². The van der Waals surface area contributed by atoms with Crippen LogP contribution in [0.1, 0.15) is 20.8 Å². The maximum atomic E-state index is 6.02. The molecule has 4 heteroatoms. The number of hydrogen-bond donors (Lipinski definition) is 1. The Morgan fingerprint density at radius 1 is 1.10 bits per heavy atom. The number of nitrogens with one attached hydrogen (secondary N) is 1. The van der Waals surface area contributed by atoms with Gasteiger partial charge in [-0.1, -0.05) is 6.07 Å². The van der Waals surface area contributed by atoms with Crippen molar-refractivity contribution < 1.29 is 4.74 Å². The highest BCUT2D eigenvalue weighted by atomic mass is 16.5. The van der Waals surface area contributed by atoms with Crippen molar-refractivity contribution in [1.29, 1.82) is 0 Å².